The van der Waals surface area contributed by atoms with Crippen LogP contribution in [0.1, 0.15) is 33.6 Å². The predicted octanol–water partition coefficient (Wildman–Crippen LogP) is 4.01. The molecule has 0 fully saturated rings. The van der Waals surface area contributed by atoms with E-state index < -0.39 is 23.3 Å². The number of carbonyl (C=O) groups excluding carboxylic acids is 1. The molecule has 3 aromatic heterocycles. The topological polar surface area (TPSA) is 139 Å². The Labute approximate surface area is 229 Å². The van der Waals surface area contributed by atoms with E-state index in [0.29, 0.717) is 30.5 Å². The first kappa shape index (κ1) is 28.4. The van der Waals surface area contributed by atoms with Crippen molar-refractivity contribution in [1.82, 2.24) is 39.9 Å². The number of anilines is 1. The summed E-state index contributed by atoms with van der Waals surface area (Å²) in [5.74, 6) is -2.43. The summed E-state index contributed by atoms with van der Waals surface area (Å²) in [6.45, 7) is 5.92. The van der Waals surface area contributed by atoms with E-state index in [-0.39, 0.29) is 29.7 Å². The smallest absolute Gasteiger partial charge is 0.410 e. The molecule has 0 aliphatic carbocycles. The minimum absolute atomic E-state index is 0.0804. The summed E-state index contributed by atoms with van der Waals surface area (Å²) in [4.78, 5) is 17.7. The molecule has 0 spiro atoms. The van der Waals surface area contributed by atoms with Crippen LogP contribution in [0, 0.1) is 11.6 Å². The zero-order chi connectivity index (χ0) is 29.0. The average molecular weight is 556 g/mol. The zero-order valence-electron chi connectivity index (χ0n) is 22.9. The number of nitrogens with zero attached hydrogens (tertiary/aromatic N) is 8. The number of aryl methyl sites for hydroxylation is 1. The van der Waals surface area contributed by atoms with Crippen molar-refractivity contribution in [3.05, 3.63) is 48.4 Å². The van der Waals surface area contributed by atoms with Crippen LogP contribution in [0.5, 0.6) is 5.75 Å². The van der Waals surface area contributed by atoms with Crippen molar-refractivity contribution in [3.8, 4) is 34.0 Å². The van der Waals surface area contributed by atoms with E-state index in [1.165, 1.54) is 17.0 Å². The number of nitrogen functional groups attached to an aromatic ring is 1. The lowest BCUT2D eigenvalue weighted by atomic mass is 10.1. The lowest BCUT2D eigenvalue weighted by Gasteiger charge is -2.24. The number of carbonyl (C=O) groups is 1. The quantitative estimate of drug-likeness (QED) is 0.303. The van der Waals surface area contributed by atoms with Crippen molar-refractivity contribution < 1.29 is 23.0 Å². The Balaban J connectivity index is 1.44. The Morgan fingerprint density at radius 2 is 1.90 bits per heavy atom. The van der Waals surface area contributed by atoms with Crippen LogP contribution in [-0.2, 0) is 11.8 Å². The summed E-state index contributed by atoms with van der Waals surface area (Å²) in [6.07, 6.45) is 5.69. The number of ether oxygens (including phenoxy) is 2. The Kier molecular flexibility index (Phi) is 8.26. The first-order chi connectivity index (χ1) is 18.9. The third-order valence-corrected chi connectivity index (χ3v) is 5.77. The van der Waals surface area contributed by atoms with Crippen LogP contribution in [0.2, 0.25) is 0 Å². The number of unbranched alkanes of at least 4 members (excludes halogenated alkanes) is 1. The number of hydrogen-bond donors (Lipinski definition) is 1. The molecule has 1 amide bonds. The molecule has 0 unspecified atom stereocenters. The number of nitrogens with two attached hydrogens (primary N) is 1. The first-order valence-corrected chi connectivity index (χ1v) is 12.5. The van der Waals surface area contributed by atoms with E-state index in [1.54, 1.807) is 64.2 Å². The predicted molar refractivity (Wildman–Crippen MR) is 143 cm³/mol. The van der Waals surface area contributed by atoms with Gasteiger partial charge in [-0.1, -0.05) is 0 Å². The molecule has 4 rings (SSSR count). The summed E-state index contributed by atoms with van der Waals surface area (Å²) in [7, 11) is 3.42. The molecule has 40 heavy (non-hydrogen) atoms. The van der Waals surface area contributed by atoms with Crippen LogP contribution in [0.4, 0.5) is 19.4 Å². The van der Waals surface area contributed by atoms with Gasteiger partial charge in [0.2, 0.25) is 5.82 Å². The van der Waals surface area contributed by atoms with Gasteiger partial charge in [-0.05, 0) is 62.2 Å². The highest BCUT2D eigenvalue weighted by Gasteiger charge is 2.23. The molecule has 0 aliphatic heterocycles. The van der Waals surface area contributed by atoms with E-state index in [2.05, 4.69) is 25.6 Å². The van der Waals surface area contributed by atoms with Gasteiger partial charge in [-0.3, -0.25) is 4.68 Å². The molecule has 14 heteroatoms. The minimum atomic E-state index is -1.19. The van der Waals surface area contributed by atoms with Crippen molar-refractivity contribution in [2.45, 2.75) is 39.2 Å². The molecule has 0 bridgehead atoms. The van der Waals surface area contributed by atoms with Crippen molar-refractivity contribution in [2.24, 2.45) is 7.05 Å². The molecule has 4 aromatic rings. The molecule has 0 saturated carbocycles. The highest BCUT2D eigenvalue weighted by atomic mass is 19.2. The van der Waals surface area contributed by atoms with E-state index in [4.69, 9.17) is 15.2 Å². The third kappa shape index (κ3) is 6.50. The monoisotopic (exact) mass is 555 g/mol. The molecule has 12 nitrogen and oxygen atoms in total. The van der Waals surface area contributed by atoms with E-state index in [9.17, 15) is 9.18 Å². The van der Waals surface area contributed by atoms with Gasteiger partial charge in [0.15, 0.2) is 17.4 Å². The third-order valence-electron chi connectivity index (χ3n) is 5.77. The number of pyridine rings is 1. The molecule has 0 radical (unpaired) electrons. The summed E-state index contributed by atoms with van der Waals surface area (Å²) < 4.78 is 43.6. The van der Waals surface area contributed by atoms with Crippen molar-refractivity contribution in [1.29, 1.82) is 0 Å². The van der Waals surface area contributed by atoms with Gasteiger partial charge in [-0.2, -0.15) is 14.2 Å². The van der Waals surface area contributed by atoms with E-state index in [1.807, 2.05) is 0 Å². The number of halogens is 2. The SMILES string of the molecule is CN(CCCCOc1ccc(-n2nnnc2-c2cc(-c3cnn(C)c3)cnc2N)c(F)c1F)C(=O)OC(C)(C)C. The Hall–Kier alpha value is -4.62. The van der Waals surface area contributed by atoms with Crippen molar-refractivity contribution in [2.75, 3.05) is 25.9 Å². The number of aromatic nitrogens is 7. The van der Waals surface area contributed by atoms with Gasteiger partial charge in [0.05, 0.1) is 18.4 Å². The van der Waals surface area contributed by atoms with Gasteiger partial charge in [0.25, 0.3) is 0 Å². The standard InChI is InChI=1S/C26H31F2N9O3/c1-26(2,3)40-25(38)35(4)10-6-7-11-39-20-9-8-19(21(27)22(20)28)37-24(32-33-34-37)18-12-16(13-30-23(18)29)17-14-31-36(5)15-17/h8-9,12-15H,6-7,10-11H2,1-5H3,(H2,29,30). The Morgan fingerprint density at radius 3 is 2.60 bits per heavy atom. The maximum Gasteiger partial charge on any atom is 0.410 e. The molecule has 0 atom stereocenters. The second-order valence-corrected chi connectivity index (χ2v) is 10.1. The van der Waals surface area contributed by atoms with Gasteiger partial charge in [-0.15, -0.1) is 5.10 Å². The fraction of sp³-hybridized carbons (Fsp3) is 0.385. The summed E-state index contributed by atoms with van der Waals surface area (Å²) in [6, 6.07) is 4.33. The number of hydrogen-bond acceptors (Lipinski definition) is 9. The highest BCUT2D eigenvalue weighted by molar-refractivity contribution is 5.76. The van der Waals surface area contributed by atoms with E-state index >= 15 is 4.39 Å². The number of rotatable bonds is 9. The van der Waals surface area contributed by atoms with Crippen LogP contribution >= 0.6 is 0 Å². The lowest BCUT2D eigenvalue weighted by molar-refractivity contribution is 0.0294. The summed E-state index contributed by atoms with van der Waals surface area (Å²) in [5, 5.41) is 15.6. The summed E-state index contributed by atoms with van der Waals surface area (Å²) >= 11 is 0. The molecule has 212 valence electrons. The number of tetrazole rings is 1. The molecular weight excluding hydrogens is 524 g/mol. The molecule has 3 heterocycles. The summed E-state index contributed by atoms with van der Waals surface area (Å²) in [5.41, 5.74) is 7.09. The van der Waals surface area contributed by atoms with E-state index in [0.717, 1.165) is 10.2 Å². The van der Waals surface area contributed by atoms with Gasteiger partial charge >= 0.3 is 6.09 Å². The molecular formula is C26H31F2N9O3. The van der Waals surface area contributed by atoms with Crippen LogP contribution in [-0.4, -0.2) is 71.8 Å². The first-order valence-electron chi connectivity index (χ1n) is 12.5. The van der Waals surface area contributed by atoms with Gasteiger partial charge in [0, 0.05) is 44.2 Å². The minimum Gasteiger partial charge on any atom is -0.490 e. The van der Waals surface area contributed by atoms with Gasteiger partial charge in [-0.25, -0.2) is 14.2 Å². The Morgan fingerprint density at radius 1 is 1.12 bits per heavy atom. The van der Waals surface area contributed by atoms with Crippen LogP contribution in [0.25, 0.3) is 28.2 Å². The molecule has 1 aromatic carbocycles. The number of amides is 1. The van der Waals surface area contributed by atoms with Crippen LogP contribution in [0.15, 0.2) is 36.8 Å². The van der Waals surface area contributed by atoms with Gasteiger partial charge < -0.3 is 20.1 Å². The molecule has 0 aliphatic rings. The maximum absolute atomic E-state index is 15.2. The average Bonchev–Trinajstić information content (AvgIpc) is 3.55. The highest BCUT2D eigenvalue weighted by Crippen LogP contribution is 2.31. The fourth-order valence-electron chi connectivity index (χ4n) is 3.76. The Bertz CT molecular complexity index is 1500. The van der Waals surface area contributed by atoms with Crippen LogP contribution in [0.3, 0.4) is 0 Å². The lowest BCUT2D eigenvalue weighted by Crippen LogP contribution is -2.34. The second-order valence-electron chi connectivity index (χ2n) is 10.1. The van der Waals surface area contributed by atoms with Crippen molar-refractivity contribution in [3.63, 3.8) is 0 Å². The van der Waals surface area contributed by atoms with Crippen LogP contribution < -0.4 is 10.5 Å². The van der Waals surface area contributed by atoms with Crippen molar-refractivity contribution >= 4 is 11.9 Å². The number of benzene rings is 1. The fourth-order valence-corrected chi connectivity index (χ4v) is 3.76. The molecule has 0 saturated heterocycles. The second kappa shape index (κ2) is 11.6. The largest absolute Gasteiger partial charge is 0.490 e. The maximum atomic E-state index is 15.2. The van der Waals surface area contributed by atoms with Gasteiger partial charge in [0.1, 0.15) is 17.1 Å². The normalized spacial score (nSPS) is 11.5. The molecule has 2 N–H and O–H groups in total. The zero-order valence-corrected chi connectivity index (χ0v) is 22.9.